The van der Waals surface area contributed by atoms with Crippen LogP contribution in [0.2, 0.25) is 0 Å². The predicted octanol–water partition coefficient (Wildman–Crippen LogP) is 6.19. The number of hydrazone groups is 1. The third kappa shape index (κ3) is 3.22. The van der Waals surface area contributed by atoms with Crippen molar-refractivity contribution in [2.45, 2.75) is 18.0 Å². The molecule has 0 saturated carbocycles. The number of benzene rings is 3. The van der Waals surface area contributed by atoms with Crippen molar-refractivity contribution in [3.8, 4) is 11.3 Å². The molecule has 2 heterocycles. The average molecular weight is 512 g/mol. The molecule has 2 atom stereocenters. The second-order valence-electron chi connectivity index (χ2n) is 9.78. The lowest BCUT2D eigenvalue weighted by molar-refractivity contribution is -0.140. The Bertz CT molecular complexity index is 1540. The minimum absolute atomic E-state index is 0.211. The van der Waals surface area contributed by atoms with Crippen LogP contribution in [0.25, 0.3) is 11.3 Å². The standard InChI is InChI=1S/C30H19F3N2O3/c31-30(32,33)17-7-5-6-16(14-17)23-13-12-18(38-23)15-34-35-28(36)26-24-19-8-1-2-9-20(19)25(27(26)29(35)37)22-11-4-3-10-21(22)24/h1-15,24-27H/b34-15+. The smallest absolute Gasteiger partial charge is 0.416 e. The lowest BCUT2D eigenvalue weighted by Crippen LogP contribution is -2.41. The van der Waals surface area contributed by atoms with E-state index in [1.807, 2.05) is 48.5 Å². The van der Waals surface area contributed by atoms with E-state index >= 15 is 0 Å². The maximum absolute atomic E-state index is 13.6. The second-order valence-corrected chi connectivity index (χ2v) is 9.78. The van der Waals surface area contributed by atoms with Crippen LogP contribution in [-0.4, -0.2) is 23.0 Å². The minimum atomic E-state index is -4.47. The molecular weight excluding hydrogens is 493 g/mol. The third-order valence-corrected chi connectivity index (χ3v) is 7.83. The molecule has 2 bridgehead atoms. The van der Waals surface area contributed by atoms with Crippen LogP contribution < -0.4 is 0 Å². The molecule has 1 fully saturated rings. The number of alkyl halides is 3. The van der Waals surface area contributed by atoms with Gasteiger partial charge >= 0.3 is 6.18 Å². The number of hydrogen-bond donors (Lipinski definition) is 0. The fourth-order valence-corrected chi connectivity index (χ4v) is 6.32. The zero-order chi connectivity index (χ0) is 26.2. The first-order valence-electron chi connectivity index (χ1n) is 12.2. The summed E-state index contributed by atoms with van der Waals surface area (Å²) in [4.78, 5) is 27.2. The lowest BCUT2D eigenvalue weighted by Gasteiger charge is -2.45. The van der Waals surface area contributed by atoms with Crippen LogP contribution in [0.1, 0.15) is 45.4 Å². The van der Waals surface area contributed by atoms with Crippen LogP contribution in [0.3, 0.4) is 0 Å². The Morgan fingerprint density at radius 2 is 1.29 bits per heavy atom. The number of furan rings is 1. The normalized spacial score (nSPS) is 23.6. The monoisotopic (exact) mass is 512 g/mol. The molecule has 3 aromatic carbocycles. The average Bonchev–Trinajstić information content (AvgIpc) is 3.50. The molecule has 188 valence electrons. The Balaban J connectivity index is 1.20. The maximum Gasteiger partial charge on any atom is 0.416 e. The first kappa shape index (κ1) is 22.7. The fraction of sp³-hybridized carbons (Fsp3) is 0.167. The van der Waals surface area contributed by atoms with E-state index in [4.69, 9.17) is 4.42 Å². The van der Waals surface area contributed by atoms with Gasteiger partial charge in [-0.05, 0) is 46.5 Å². The number of carbonyl (C=O) groups excluding carboxylic acids is 2. The molecule has 8 heteroatoms. The van der Waals surface area contributed by atoms with E-state index in [-0.39, 0.29) is 40.7 Å². The summed E-state index contributed by atoms with van der Waals surface area (Å²) in [6, 6.07) is 23.8. The number of imide groups is 1. The van der Waals surface area contributed by atoms with Gasteiger partial charge in [0.2, 0.25) is 0 Å². The van der Waals surface area contributed by atoms with E-state index in [0.29, 0.717) is 0 Å². The Kier molecular flexibility index (Phi) is 4.79. The summed E-state index contributed by atoms with van der Waals surface area (Å²) in [6.07, 6.45) is -3.22. The van der Waals surface area contributed by atoms with Crippen molar-refractivity contribution < 1.29 is 27.2 Å². The molecule has 8 rings (SSSR count). The third-order valence-electron chi connectivity index (χ3n) is 7.83. The second kappa shape index (κ2) is 8.02. The molecular formula is C30H19F3N2O3. The van der Waals surface area contributed by atoms with Gasteiger partial charge in [-0.25, -0.2) is 0 Å². The summed E-state index contributed by atoms with van der Waals surface area (Å²) in [5.41, 5.74) is 3.75. The molecule has 2 unspecified atom stereocenters. The van der Waals surface area contributed by atoms with E-state index in [2.05, 4.69) is 5.10 Å². The van der Waals surface area contributed by atoms with Crippen molar-refractivity contribution >= 4 is 18.0 Å². The molecule has 0 spiro atoms. The molecule has 1 aliphatic heterocycles. The Morgan fingerprint density at radius 3 is 1.82 bits per heavy atom. The van der Waals surface area contributed by atoms with E-state index in [0.717, 1.165) is 39.4 Å². The largest absolute Gasteiger partial charge is 0.455 e. The van der Waals surface area contributed by atoms with Crippen molar-refractivity contribution in [1.82, 2.24) is 5.01 Å². The van der Waals surface area contributed by atoms with Crippen LogP contribution in [0, 0.1) is 11.8 Å². The molecule has 4 aliphatic rings. The number of hydrogen-bond acceptors (Lipinski definition) is 4. The molecule has 2 amide bonds. The summed E-state index contributed by atoms with van der Waals surface area (Å²) in [5.74, 6) is -1.86. The van der Waals surface area contributed by atoms with Crippen LogP contribution in [0.5, 0.6) is 0 Å². The topological polar surface area (TPSA) is 62.9 Å². The number of nitrogens with zero attached hydrogens (tertiary/aromatic N) is 2. The number of halogens is 3. The van der Waals surface area contributed by atoms with Gasteiger partial charge in [0.25, 0.3) is 11.8 Å². The number of amides is 2. The highest BCUT2D eigenvalue weighted by Gasteiger charge is 2.61. The van der Waals surface area contributed by atoms with E-state index in [1.165, 1.54) is 30.5 Å². The van der Waals surface area contributed by atoms with Crippen molar-refractivity contribution in [2.75, 3.05) is 0 Å². The van der Waals surface area contributed by atoms with Gasteiger partial charge in [0.05, 0.1) is 23.6 Å². The summed E-state index contributed by atoms with van der Waals surface area (Å²) < 4.78 is 45.0. The first-order chi connectivity index (χ1) is 18.3. The lowest BCUT2D eigenvalue weighted by atomic mass is 9.55. The first-order valence-corrected chi connectivity index (χ1v) is 12.2. The van der Waals surface area contributed by atoms with E-state index in [1.54, 1.807) is 0 Å². The quantitative estimate of drug-likeness (QED) is 0.243. The Labute approximate surface area is 215 Å². The van der Waals surface area contributed by atoms with E-state index in [9.17, 15) is 22.8 Å². The van der Waals surface area contributed by atoms with Crippen molar-refractivity contribution in [2.24, 2.45) is 16.9 Å². The molecule has 0 radical (unpaired) electrons. The van der Waals surface area contributed by atoms with Gasteiger partial charge < -0.3 is 4.42 Å². The molecule has 1 aromatic heterocycles. The molecule has 1 saturated heterocycles. The molecule has 5 nitrogen and oxygen atoms in total. The molecule has 4 aromatic rings. The van der Waals surface area contributed by atoms with Crippen LogP contribution in [-0.2, 0) is 15.8 Å². The highest BCUT2D eigenvalue weighted by atomic mass is 19.4. The minimum Gasteiger partial charge on any atom is -0.455 e. The Hall–Kier alpha value is -4.46. The van der Waals surface area contributed by atoms with Crippen molar-refractivity contribution in [3.63, 3.8) is 0 Å². The summed E-state index contributed by atoms with van der Waals surface area (Å²) in [7, 11) is 0. The van der Waals surface area contributed by atoms with Crippen LogP contribution >= 0.6 is 0 Å². The zero-order valence-corrected chi connectivity index (χ0v) is 19.7. The van der Waals surface area contributed by atoms with Gasteiger partial charge in [-0.3, -0.25) is 9.59 Å². The van der Waals surface area contributed by atoms with E-state index < -0.39 is 23.6 Å². The highest BCUT2D eigenvalue weighted by Crippen LogP contribution is 2.60. The Morgan fingerprint density at radius 1 is 0.737 bits per heavy atom. The van der Waals surface area contributed by atoms with Gasteiger partial charge in [-0.2, -0.15) is 23.3 Å². The maximum atomic E-state index is 13.6. The van der Waals surface area contributed by atoms with Gasteiger partial charge in [-0.15, -0.1) is 0 Å². The van der Waals surface area contributed by atoms with Gasteiger partial charge in [0.15, 0.2) is 0 Å². The molecule has 0 N–H and O–H groups in total. The fourth-order valence-electron chi connectivity index (χ4n) is 6.32. The summed E-state index contributed by atoms with van der Waals surface area (Å²) in [5, 5.41) is 5.13. The number of rotatable bonds is 3. The summed E-state index contributed by atoms with van der Waals surface area (Å²) in [6.45, 7) is 0. The van der Waals surface area contributed by atoms with Crippen molar-refractivity contribution in [1.29, 1.82) is 0 Å². The van der Waals surface area contributed by atoms with Gasteiger partial charge in [-0.1, -0.05) is 60.7 Å². The highest BCUT2D eigenvalue weighted by molar-refractivity contribution is 6.08. The van der Waals surface area contributed by atoms with Crippen LogP contribution in [0.15, 0.2) is 94.4 Å². The summed E-state index contributed by atoms with van der Waals surface area (Å²) >= 11 is 0. The predicted molar refractivity (Wildman–Crippen MR) is 132 cm³/mol. The van der Waals surface area contributed by atoms with Crippen molar-refractivity contribution in [3.05, 3.63) is 119 Å². The molecule has 3 aliphatic carbocycles. The van der Waals surface area contributed by atoms with Gasteiger partial charge in [0.1, 0.15) is 11.5 Å². The zero-order valence-electron chi connectivity index (χ0n) is 19.7. The van der Waals surface area contributed by atoms with Crippen LogP contribution in [0.4, 0.5) is 13.2 Å². The number of carbonyl (C=O) groups is 2. The van der Waals surface area contributed by atoms with Gasteiger partial charge in [0, 0.05) is 17.4 Å². The SMILES string of the molecule is O=C1C2C3c4ccccc4C(c4ccccc43)C2C(=O)N1/N=C/c1ccc(-c2cccc(C(F)(F)F)c2)o1. The molecule has 38 heavy (non-hydrogen) atoms.